The molecular weight excluding hydrogens is 370 g/mol. The molecule has 1 aromatic heterocycles. The lowest BCUT2D eigenvalue weighted by atomic mass is 9.92. The first-order valence-corrected chi connectivity index (χ1v) is 9.60. The number of carbonyl (C=O) groups excluding carboxylic acids is 1. The van der Waals surface area contributed by atoms with Crippen LogP contribution in [-0.4, -0.2) is 32.3 Å². The predicted molar refractivity (Wildman–Crippen MR) is 108 cm³/mol. The van der Waals surface area contributed by atoms with E-state index in [2.05, 4.69) is 12.1 Å². The largest absolute Gasteiger partial charge is 0.493 e. The van der Waals surface area contributed by atoms with Crippen LogP contribution in [0.1, 0.15) is 33.6 Å². The second-order valence-electron chi connectivity index (χ2n) is 7.29. The molecule has 2 heterocycles. The molecule has 0 atom stereocenters. The van der Waals surface area contributed by atoms with Crippen LogP contribution >= 0.6 is 0 Å². The summed E-state index contributed by atoms with van der Waals surface area (Å²) in [7, 11) is 4.73. The number of pyridine rings is 1. The van der Waals surface area contributed by atoms with Crippen molar-refractivity contribution in [3.05, 3.63) is 46.6 Å². The topological polar surface area (TPSA) is 66.9 Å². The van der Waals surface area contributed by atoms with Gasteiger partial charge < -0.3 is 18.9 Å². The molecule has 2 aliphatic rings. The zero-order valence-corrected chi connectivity index (χ0v) is 16.6. The highest BCUT2D eigenvalue weighted by Crippen LogP contribution is 2.45. The number of rotatable bonds is 4. The number of ether oxygens (including phenoxy) is 4. The molecule has 0 bridgehead atoms. The average molecular weight is 391 g/mol. The number of hydrogen-bond donors (Lipinski definition) is 0. The molecule has 0 unspecified atom stereocenters. The average Bonchev–Trinajstić information content (AvgIpc) is 3.35. The number of carbonyl (C=O) groups is 1. The van der Waals surface area contributed by atoms with E-state index in [1.165, 1.54) is 11.1 Å². The lowest BCUT2D eigenvalue weighted by Crippen LogP contribution is -2.02. The maximum absolute atomic E-state index is 12.6. The van der Waals surface area contributed by atoms with Gasteiger partial charge in [-0.3, -0.25) is 0 Å². The fraction of sp³-hybridized carbons (Fsp3) is 0.304. The first kappa shape index (κ1) is 17.8. The molecule has 0 amide bonds. The van der Waals surface area contributed by atoms with Gasteiger partial charge in [-0.05, 0) is 60.2 Å². The Balaban J connectivity index is 1.87. The van der Waals surface area contributed by atoms with Crippen molar-refractivity contribution in [2.75, 3.05) is 21.3 Å². The van der Waals surface area contributed by atoms with E-state index in [0.717, 1.165) is 41.3 Å². The van der Waals surface area contributed by atoms with Crippen LogP contribution in [0.5, 0.6) is 17.2 Å². The lowest BCUT2D eigenvalue weighted by molar-refractivity contribution is 0.0534. The third-order valence-electron chi connectivity index (χ3n) is 5.77. The van der Waals surface area contributed by atoms with E-state index in [0.29, 0.717) is 28.5 Å². The fourth-order valence-corrected chi connectivity index (χ4v) is 4.44. The van der Waals surface area contributed by atoms with Gasteiger partial charge in [0.2, 0.25) is 5.75 Å². The number of cyclic esters (lactones) is 1. The maximum Gasteiger partial charge on any atom is 0.341 e. The summed E-state index contributed by atoms with van der Waals surface area (Å²) in [5.74, 6) is 1.23. The Bertz CT molecular complexity index is 1140. The van der Waals surface area contributed by atoms with Gasteiger partial charge in [0.25, 0.3) is 0 Å². The molecule has 0 fully saturated rings. The summed E-state index contributed by atoms with van der Waals surface area (Å²) in [6.45, 7) is 0.193. The highest BCUT2D eigenvalue weighted by molar-refractivity contribution is 6.09. The number of benzene rings is 2. The number of aromatic nitrogens is 1. The van der Waals surface area contributed by atoms with Crippen molar-refractivity contribution in [1.29, 1.82) is 0 Å². The van der Waals surface area contributed by atoms with E-state index in [-0.39, 0.29) is 12.6 Å². The van der Waals surface area contributed by atoms with Crippen LogP contribution in [0.25, 0.3) is 22.0 Å². The van der Waals surface area contributed by atoms with E-state index in [9.17, 15) is 4.79 Å². The standard InChI is InChI=1S/C23H21NO5/c1-26-18-9-14(10-19(27-2)22(18)28-3)20-15-7-12-5-4-6-13(12)8-16(15)24-17-11-29-23(25)21(17)20/h7-10H,4-6,11H2,1-3H3. The molecule has 0 N–H and O–H groups in total. The van der Waals surface area contributed by atoms with Gasteiger partial charge in [0.15, 0.2) is 11.5 Å². The van der Waals surface area contributed by atoms with Gasteiger partial charge in [-0.15, -0.1) is 0 Å². The monoisotopic (exact) mass is 391 g/mol. The summed E-state index contributed by atoms with van der Waals surface area (Å²) in [6.07, 6.45) is 3.26. The van der Waals surface area contributed by atoms with Crippen molar-refractivity contribution in [1.82, 2.24) is 4.98 Å². The molecule has 148 valence electrons. The summed E-state index contributed by atoms with van der Waals surface area (Å²) < 4.78 is 21.9. The van der Waals surface area contributed by atoms with Gasteiger partial charge >= 0.3 is 5.97 Å². The van der Waals surface area contributed by atoms with Crippen molar-refractivity contribution in [2.45, 2.75) is 25.9 Å². The van der Waals surface area contributed by atoms with E-state index in [1.807, 2.05) is 12.1 Å². The second kappa shape index (κ2) is 6.65. The number of nitrogens with zero attached hydrogens (tertiary/aromatic N) is 1. The summed E-state index contributed by atoms with van der Waals surface area (Å²) in [4.78, 5) is 17.4. The van der Waals surface area contributed by atoms with Crippen LogP contribution in [0.4, 0.5) is 0 Å². The van der Waals surface area contributed by atoms with Crippen molar-refractivity contribution in [2.24, 2.45) is 0 Å². The summed E-state index contributed by atoms with van der Waals surface area (Å²) in [6, 6.07) is 8.07. The third kappa shape index (κ3) is 2.63. The minimum Gasteiger partial charge on any atom is -0.493 e. The Morgan fingerprint density at radius 1 is 0.897 bits per heavy atom. The number of esters is 1. The molecule has 0 spiro atoms. The lowest BCUT2D eigenvalue weighted by Gasteiger charge is -2.17. The minimum atomic E-state index is -0.348. The van der Waals surface area contributed by atoms with Crippen LogP contribution in [-0.2, 0) is 24.2 Å². The number of hydrogen-bond acceptors (Lipinski definition) is 6. The maximum atomic E-state index is 12.6. The summed E-state index contributed by atoms with van der Waals surface area (Å²) in [5.41, 5.74) is 6.34. The van der Waals surface area contributed by atoms with Gasteiger partial charge in [-0.2, -0.15) is 0 Å². The van der Waals surface area contributed by atoms with Crippen LogP contribution in [0.3, 0.4) is 0 Å². The summed E-state index contributed by atoms with van der Waals surface area (Å²) >= 11 is 0. The molecular formula is C23H21NO5. The molecule has 1 aliphatic carbocycles. The molecule has 0 saturated carbocycles. The SMILES string of the molecule is COc1cc(-c2c3c(nc4cc5c(cc24)CCC5)COC3=O)cc(OC)c1OC. The van der Waals surface area contributed by atoms with Crippen molar-refractivity contribution in [3.8, 4) is 28.4 Å². The van der Waals surface area contributed by atoms with Crippen LogP contribution in [0, 0.1) is 0 Å². The molecule has 2 aromatic carbocycles. The fourth-order valence-electron chi connectivity index (χ4n) is 4.44. The van der Waals surface area contributed by atoms with Crippen LogP contribution in [0.2, 0.25) is 0 Å². The molecule has 6 heteroatoms. The van der Waals surface area contributed by atoms with Gasteiger partial charge in [-0.25, -0.2) is 9.78 Å². The Morgan fingerprint density at radius 3 is 2.24 bits per heavy atom. The van der Waals surface area contributed by atoms with Gasteiger partial charge in [-0.1, -0.05) is 0 Å². The molecule has 6 nitrogen and oxygen atoms in total. The number of fused-ring (bicyclic) bond motifs is 3. The smallest absolute Gasteiger partial charge is 0.341 e. The Labute approximate surface area is 168 Å². The predicted octanol–water partition coefficient (Wildman–Crippen LogP) is 4.09. The zero-order chi connectivity index (χ0) is 20.1. The molecule has 0 saturated heterocycles. The Morgan fingerprint density at radius 2 is 1.59 bits per heavy atom. The molecule has 5 rings (SSSR count). The van der Waals surface area contributed by atoms with Crippen molar-refractivity contribution >= 4 is 16.9 Å². The van der Waals surface area contributed by atoms with Crippen molar-refractivity contribution in [3.63, 3.8) is 0 Å². The zero-order valence-electron chi connectivity index (χ0n) is 16.6. The summed E-state index contributed by atoms with van der Waals surface area (Å²) in [5, 5.41) is 0.942. The van der Waals surface area contributed by atoms with Crippen LogP contribution < -0.4 is 14.2 Å². The second-order valence-corrected chi connectivity index (χ2v) is 7.29. The number of aryl methyl sites for hydroxylation is 2. The third-order valence-corrected chi connectivity index (χ3v) is 5.77. The highest BCUT2D eigenvalue weighted by Gasteiger charge is 2.30. The molecule has 0 radical (unpaired) electrons. The highest BCUT2D eigenvalue weighted by atomic mass is 16.5. The molecule has 29 heavy (non-hydrogen) atoms. The normalized spacial score (nSPS) is 14.5. The van der Waals surface area contributed by atoms with Gasteiger partial charge in [0.05, 0.1) is 38.1 Å². The quantitative estimate of drug-likeness (QED) is 0.624. The Kier molecular flexibility index (Phi) is 4.08. The van der Waals surface area contributed by atoms with Gasteiger partial charge in [0, 0.05) is 10.9 Å². The van der Waals surface area contributed by atoms with Crippen LogP contribution in [0.15, 0.2) is 24.3 Å². The molecule has 1 aliphatic heterocycles. The van der Waals surface area contributed by atoms with Crippen molar-refractivity contribution < 1.29 is 23.7 Å². The molecule has 3 aromatic rings. The number of methoxy groups -OCH3 is 3. The Hall–Kier alpha value is -3.28. The minimum absolute atomic E-state index is 0.193. The van der Waals surface area contributed by atoms with E-state index < -0.39 is 0 Å². The van der Waals surface area contributed by atoms with Gasteiger partial charge in [0.1, 0.15) is 6.61 Å². The first-order valence-electron chi connectivity index (χ1n) is 9.60. The van der Waals surface area contributed by atoms with E-state index in [4.69, 9.17) is 23.9 Å². The van der Waals surface area contributed by atoms with E-state index in [1.54, 1.807) is 21.3 Å². The van der Waals surface area contributed by atoms with E-state index >= 15 is 0 Å². The first-order chi connectivity index (χ1) is 14.1.